The number of nitrogens with zero attached hydrogens (tertiary/aromatic N) is 2. The Kier molecular flexibility index (Phi) is 6.13. The average Bonchev–Trinajstić information content (AvgIpc) is 3.16. The third-order valence-corrected chi connectivity index (χ3v) is 5.18. The van der Waals surface area contributed by atoms with Gasteiger partial charge in [-0.15, -0.1) is 0 Å². The van der Waals surface area contributed by atoms with Crippen LogP contribution in [0.25, 0.3) is 0 Å². The van der Waals surface area contributed by atoms with E-state index in [1.165, 1.54) is 18.3 Å². The normalized spacial score (nSPS) is 15.7. The Morgan fingerprint density at radius 2 is 2.10 bits per heavy atom. The highest BCUT2D eigenvalue weighted by Gasteiger charge is 2.35. The molecule has 31 heavy (non-hydrogen) atoms. The molecule has 8 heteroatoms. The molecule has 1 fully saturated rings. The van der Waals surface area contributed by atoms with Crippen molar-refractivity contribution >= 4 is 29.1 Å². The zero-order valence-electron chi connectivity index (χ0n) is 16.4. The minimum atomic E-state index is -0.543. The number of benzene rings is 2. The summed E-state index contributed by atoms with van der Waals surface area (Å²) in [6, 6.07) is 14.8. The Morgan fingerprint density at radius 1 is 1.23 bits per heavy atom. The number of nitrogens with one attached hydrogen (secondary N) is 1. The molecule has 2 heterocycles. The summed E-state index contributed by atoms with van der Waals surface area (Å²) in [6.07, 6.45) is 3.20. The molecule has 1 saturated heterocycles. The minimum absolute atomic E-state index is 0.0710. The molecule has 6 nitrogen and oxygen atoms in total. The number of carbonyl (C=O) groups is 2. The maximum atomic E-state index is 14.4. The maximum Gasteiger partial charge on any atom is 0.227 e. The quantitative estimate of drug-likeness (QED) is 0.620. The van der Waals surface area contributed by atoms with Crippen molar-refractivity contribution in [2.45, 2.75) is 13.0 Å². The number of ether oxygens (including phenoxy) is 1. The fourth-order valence-corrected chi connectivity index (χ4v) is 3.57. The van der Waals surface area contributed by atoms with E-state index in [2.05, 4.69) is 10.3 Å². The van der Waals surface area contributed by atoms with Crippen molar-refractivity contribution in [2.24, 2.45) is 5.92 Å². The molecule has 1 N–H and O–H groups in total. The second-order valence-corrected chi connectivity index (χ2v) is 7.60. The van der Waals surface area contributed by atoms with Gasteiger partial charge in [-0.2, -0.15) is 0 Å². The first kappa shape index (κ1) is 20.8. The van der Waals surface area contributed by atoms with Crippen molar-refractivity contribution in [3.05, 3.63) is 83.4 Å². The third-order valence-electron chi connectivity index (χ3n) is 4.94. The number of hydrogen-bond donors (Lipinski definition) is 1. The van der Waals surface area contributed by atoms with Crippen LogP contribution in [0.1, 0.15) is 12.0 Å². The third kappa shape index (κ3) is 5.00. The van der Waals surface area contributed by atoms with Crippen LogP contribution < -0.4 is 15.0 Å². The molecule has 0 spiro atoms. The fraction of sp³-hybridized carbons (Fsp3) is 0.174. The molecule has 1 aliphatic heterocycles. The lowest BCUT2D eigenvalue weighted by molar-refractivity contribution is -0.126. The van der Waals surface area contributed by atoms with Gasteiger partial charge in [-0.05, 0) is 48.0 Å². The number of pyridine rings is 1. The van der Waals surface area contributed by atoms with Gasteiger partial charge in [0, 0.05) is 36.4 Å². The van der Waals surface area contributed by atoms with Gasteiger partial charge in [0.1, 0.15) is 5.75 Å². The lowest BCUT2D eigenvalue weighted by atomic mass is 10.1. The van der Waals surface area contributed by atoms with Crippen LogP contribution in [-0.2, 0) is 16.1 Å². The van der Waals surface area contributed by atoms with E-state index < -0.39 is 11.7 Å². The van der Waals surface area contributed by atoms with Crippen molar-refractivity contribution < 1.29 is 18.7 Å². The Morgan fingerprint density at radius 3 is 2.84 bits per heavy atom. The molecular formula is C23H19ClFN3O3. The predicted molar refractivity (Wildman–Crippen MR) is 114 cm³/mol. The average molecular weight is 440 g/mol. The molecule has 158 valence electrons. The lowest BCUT2D eigenvalue weighted by Crippen LogP contribution is -2.32. The number of halogens is 2. The van der Waals surface area contributed by atoms with Gasteiger partial charge in [-0.25, -0.2) is 4.39 Å². The number of amides is 2. The van der Waals surface area contributed by atoms with Crippen LogP contribution in [0.15, 0.2) is 67.0 Å². The van der Waals surface area contributed by atoms with Crippen molar-refractivity contribution in [1.82, 2.24) is 10.3 Å². The molecule has 0 aliphatic carbocycles. The molecule has 4 rings (SSSR count). The van der Waals surface area contributed by atoms with Crippen molar-refractivity contribution in [3.8, 4) is 11.5 Å². The van der Waals surface area contributed by atoms with E-state index in [1.807, 2.05) is 0 Å². The number of anilines is 1. The van der Waals surface area contributed by atoms with Gasteiger partial charge in [-0.1, -0.05) is 23.7 Å². The van der Waals surface area contributed by atoms with E-state index in [-0.39, 0.29) is 37.1 Å². The second kappa shape index (κ2) is 9.14. The van der Waals surface area contributed by atoms with Gasteiger partial charge in [-0.3, -0.25) is 14.6 Å². The van der Waals surface area contributed by atoms with Crippen molar-refractivity contribution in [1.29, 1.82) is 0 Å². The summed E-state index contributed by atoms with van der Waals surface area (Å²) < 4.78 is 19.8. The summed E-state index contributed by atoms with van der Waals surface area (Å²) in [4.78, 5) is 30.4. The smallest absolute Gasteiger partial charge is 0.227 e. The van der Waals surface area contributed by atoms with Gasteiger partial charge >= 0.3 is 0 Å². The summed E-state index contributed by atoms with van der Waals surface area (Å²) in [5.74, 6) is -0.915. The second-order valence-electron chi connectivity index (χ2n) is 7.16. The standard InChI is InChI=1S/C23H19ClFN3O3/c24-17-3-1-4-18(11-17)28-14-16(10-22(28)29)23(30)27-12-15-6-7-21(20(25)9-15)31-19-5-2-8-26-13-19/h1-9,11,13,16H,10,12,14H2,(H,27,30). The molecule has 1 atom stereocenters. The highest BCUT2D eigenvalue weighted by molar-refractivity contribution is 6.31. The van der Waals surface area contributed by atoms with Crippen LogP contribution in [0.3, 0.4) is 0 Å². The number of aromatic nitrogens is 1. The summed E-state index contributed by atoms with van der Waals surface area (Å²) in [7, 11) is 0. The molecule has 0 bridgehead atoms. The molecule has 3 aromatic rings. The maximum absolute atomic E-state index is 14.4. The largest absolute Gasteiger partial charge is 0.453 e. The monoisotopic (exact) mass is 439 g/mol. The summed E-state index contributed by atoms with van der Waals surface area (Å²) in [5.41, 5.74) is 1.25. The van der Waals surface area contributed by atoms with Gasteiger partial charge in [0.05, 0.1) is 12.1 Å². The van der Waals surface area contributed by atoms with Gasteiger partial charge in [0.15, 0.2) is 11.6 Å². The van der Waals surface area contributed by atoms with Crippen LogP contribution in [0.5, 0.6) is 11.5 Å². The van der Waals surface area contributed by atoms with Gasteiger partial charge < -0.3 is 15.0 Å². The Bertz CT molecular complexity index is 1110. The highest BCUT2D eigenvalue weighted by Crippen LogP contribution is 2.28. The predicted octanol–water partition coefficient (Wildman–Crippen LogP) is 4.34. The SMILES string of the molecule is O=C(NCc1ccc(Oc2cccnc2)c(F)c1)C1CC(=O)N(c2cccc(Cl)c2)C1. The van der Waals surface area contributed by atoms with Gasteiger partial charge in [0.25, 0.3) is 0 Å². The minimum Gasteiger partial charge on any atom is -0.453 e. The number of rotatable bonds is 6. The lowest BCUT2D eigenvalue weighted by Gasteiger charge is -2.17. The first-order valence-corrected chi connectivity index (χ1v) is 10.1. The molecule has 0 radical (unpaired) electrons. The summed E-state index contributed by atoms with van der Waals surface area (Å²) >= 11 is 6.00. The van der Waals surface area contributed by atoms with Crippen molar-refractivity contribution in [2.75, 3.05) is 11.4 Å². The van der Waals surface area contributed by atoms with Crippen molar-refractivity contribution in [3.63, 3.8) is 0 Å². The van der Waals surface area contributed by atoms with Gasteiger partial charge in [0.2, 0.25) is 11.8 Å². The molecule has 1 unspecified atom stereocenters. The topological polar surface area (TPSA) is 71.5 Å². The van der Waals surface area contributed by atoms with E-state index in [9.17, 15) is 14.0 Å². The molecule has 2 aromatic carbocycles. The highest BCUT2D eigenvalue weighted by atomic mass is 35.5. The zero-order valence-corrected chi connectivity index (χ0v) is 17.2. The van der Waals surface area contributed by atoms with Crippen LogP contribution in [0, 0.1) is 11.7 Å². The molecular weight excluding hydrogens is 421 g/mol. The first-order valence-electron chi connectivity index (χ1n) is 9.69. The molecule has 1 aliphatic rings. The number of carbonyl (C=O) groups excluding carboxylic acids is 2. The Balaban J connectivity index is 1.34. The van der Waals surface area contributed by atoms with E-state index in [1.54, 1.807) is 53.6 Å². The molecule has 2 amide bonds. The first-order chi connectivity index (χ1) is 15.0. The molecule has 0 saturated carbocycles. The van der Waals surface area contributed by atoms with E-state index in [0.717, 1.165) is 0 Å². The zero-order chi connectivity index (χ0) is 21.8. The van der Waals surface area contributed by atoms with E-state index in [0.29, 0.717) is 22.0 Å². The van der Waals surface area contributed by atoms with E-state index in [4.69, 9.17) is 16.3 Å². The fourth-order valence-electron chi connectivity index (χ4n) is 3.38. The molecule has 1 aromatic heterocycles. The number of hydrogen-bond acceptors (Lipinski definition) is 4. The summed E-state index contributed by atoms with van der Waals surface area (Å²) in [5, 5.41) is 3.30. The van der Waals surface area contributed by atoms with Crippen LogP contribution >= 0.6 is 11.6 Å². The van der Waals surface area contributed by atoms with Crippen LogP contribution in [0.2, 0.25) is 5.02 Å². The Hall–Kier alpha value is -3.45. The Labute approximate surface area is 183 Å². The van der Waals surface area contributed by atoms with Crippen LogP contribution in [-0.4, -0.2) is 23.3 Å². The summed E-state index contributed by atoms with van der Waals surface area (Å²) in [6.45, 7) is 0.419. The van der Waals surface area contributed by atoms with Crippen LogP contribution in [0.4, 0.5) is 10.1 Å². The van der Waals surface area contributed by atoms with E-state index >= 15 is 0 Å².